The van der Waals surface area contributed by atoms with Gasteiger partial charge in [0.15, 0.2) is 0 Å². The Morgan fingerprint density at radius 3 is 2.52 bits per heavy atom. The van der Waals surface area contributed by atoms with E-state index in [0.29, 0.717) is 5.92 Å². The van der Waals surface area contributed by atoms with Crippen LogP contribution in [0.15, 0.2) is 47.7 Å². The second kappa shape index (κ2) is 9.00. The van der Waals surface area contributed by atoms with Crippen LogP contribution < -0.4 is 4.74 Å². The average molecular weight is 395 g/mol. The van der Waals surface area contributed by atoms with Crippen molar-refractivity contribution in [3.05, 3.63) is 58.8 Å². The highest BCUT2D eigenvalue weighted by Gasteiger charge is 2.27. The van der Waals surface area contributed by atoms with Crippen molar-refractivity contribution in [2.75, 3.05) is 27.2 Å². The Morgan fingerprint density at radius 2 is 1.90 bits per heavy atom. The highest BCUT2D eigenvalue weighted by molar-refractivity contribution is 5.96. The first kappa shape index (κ1) is 21.4. The number of ether oxygens (including phenoxy) is 1. The summed E-state index contributed by atoms with van der Waals surface area (Å²) in [6.07, 6.45) is 8.47. The highest BCUT2D eigenvalue weighted by atomic mass is 16.5. The zero-order valence-electron chi connectivity index (χ0n) is 18.7. The summed E-state index contributed by atoms with van der Waals surface area (Å²) in [7, 11) is 3.86. The number of piperidine rings is 1. The van der Waals surface area contributed by atoms with E-state index in [9.17, 15) is 4.79 Å². The molecule has 1 fully saturated rings. The molecule has 2 aliphatic heterocycles. The number of hydrogen-bond donors (Lipinski definition) is 0. The lowest BCUT2D eigenvalue weighted by Gasteiger charge is -2.35. The summed E-state index contributed by atoms with van der Waals surface area (Å²) in [5.41, 5.74) is 5.64. The molecule has 0 spiro atoms. The summed E-state index contributed by atoms with van der Waals surface area (Å²) in [5.74, 6) is 1.45. The van der Waals surface area contributed by atoms with Crippen LogP contribution in [0.2, 0.25) is 0 Å². The van der Waals surface area contributed by atoms with E-state index in [0.717, 1.165) is 48.4 Å². The van der Waals surface area contributed by atoms with Gasteiger partial charge in [0.1, 0.15) is 5.75 Å². The molecule has 1 atom stereocenters. The van der Waals surface area contributed by atoms with Gasteiger partial charge in [-0.25, -0.2) is 0 Å². The second-order valence-electron chi connectivity index (χ2n) is 8.53. The van der Waals surface area contributed by atoms with Crippen molar-refractivity contribution >= 4 is 11.5 Å². The van der Waals surface area contributed by atoms with Crippen molar-refractivity contribution in [2.24, 2.45) is 5.92 Å². The molecule has 2 heterocycles. The van der Waals surface area contributed by atoms with Crippen molar-refractivity contribution in [3.8, 4) is 5.75 Å². The van der Waals surface area contributed by atoms with Crippen LogP contribution in [0, 0.1) is 12.8 Å². The van der Waals surface area contributed by atoms with Gasteiger partial charge in [0.05, 0.1) is 13.2 Å². The summed E-state index contributed by atoms with van der Waals surface area (Å²) in [6.45, 7) is 10.5. The summed E-state index contributed by atoms with van der Waals surface area (Å²) in [4.78, 5) is 17.5. The predicted molar refractivity (Wildman–Crippen MR) is 120 cm³/mol. The van der Waals surface area contributed by atoms with Crippen molar-refractivity contribution in [2.45, 2.75) is 46.6 Å². The fraction of sp³-hybridized carbons (Fsp3) is 0.480. The van der Waals surface area contributed by atoms with Gasteiger partial charge in [-0.3, -0.25) is 4.79 Å². The Labute approximate surface area is 175 Å². The number of likely N-dealkylation sites (tertiary alicyclic amines) is 1. The molecule has 0 N–H and O–H groups in total. The van der Waals surface area contributed by atoms with E-state index in [1.807, 2.05) is 30.9 Å². The van der Waals surface area contributed by atoms with Gasteiger partial charge in [-0.15, -0.1) is 0 Å². The third-order valence-electron chi connectivity index (χ3n) is 6.39. The third kappa shape index (κ3) is 4.81. The minimum absolute atomic E-state index is 0.0429. The maximum absolute atomic E-state index is 13.2. The van der Waals surface area contributed by atoms with E-state index >= 15 is 0 Å². The monoisotopic (exact) mass is 394 g/mol. The lowest BCUT2D eigenvalue weighted by Crippen LogP contribution is -2.38. The van der Waals surface area contributed by atoms with Crippen LogP contribution in [-0.2, 0) is 4.79 Å². The van der Waals surface area contributed by atoms with E-state index in [1.165, 1.54) is 11.1 Å². The molecule has 1 aromatic rings. The smallest absolute Gasteiger partial charge is 0.251 e. The predicted octanol–water partition coefficient (Wildman–Crippen LogP) is 4.81. The Morgan fingerprint density at radius 1 is 1.21 bits per heavy atom. The van der Waals surface area contributed by atoms with Gasteiger partial charge < -0.3 is 14.5 Å². The molecule has 0 aromatic heterocycles. The van der Waals surface area contributed by atoms with Gasteiger partial charge in [0.25, 0.3) is 5.91 Å². The number of allylic oxidation sites excluding steroid dienone is 3. The van der Waals surface area contributed by atoms with Gasteiger partial charge in [-0.05, 0) is 101 Å². The molecule has 0 saturated carbocycles. The molecule has 4 heteroatoms. The molecular weight excluding hydrogens is 360 g/mol. The summed E-state index contributed by atoms with van der Waals surface area (Å²) in [6, 6.07) is 6.12. The van der Waals surface area contributed by atoms with Gasteiger partial charge >= 0.3 is 0 Å². The van der Waals surface area contributed by atoms with E-state index in [2.05, 4.69) is 44.1 Å². The second-order valence-corrected chi connectivity index (χ2v) is 8.53. The minimum Gasteiger partial charge on any atom is -0.496 e. The lowest BCUT2D eigenvalue weighted by molar-refractivity contribution is -0.124. The first-order valence-corrected chi connectivity index (χ1v) is 10.5. The normalized spacial score (nSPS) is 21.7. The molecule has 0 radical (unpaired) electrons. The molecule has 1 saturated heterocycles. The molecule has 29 heavy (non-hydrogen) atoms. The number of aryl methyl sites for hydroxylation is 1. The fourth-order valence-electron chi connectivity index (χ4n) is 4.20. The Bertz CT molecular complexity index is 858. The Balaban J connectivity index is 1.82. The number of nitrogens with zero attached hydrogens (tertiary/aromatic N) is 2. The maximum Gasteiger partial charge on any atom is 0.251 e. The highest BCUT2D eigenvalue weighted by Crippen LogP contribution is 2.31. The van der Waals surface area contributed by atoms with Crippen molar-refractivity contribution in [1.82, 2.24) is 9.80 Å². The van der Waals surface area contributed by atoms with Gasteiger partial charge in [-0.2, -0.15) is 0 Å². The van der Waals surface area contributed by atoms with Gasteiger partial charge in [0.2, 0.25) is 0 Å². The molecule has 0 aliphatic carbocycles. The maximum atomic E-state index is 13.2. The zero-order chi connectivity index (χ0) is 21.1. The first-order valence-electron chi connectivity index (χ1n) is 10.5. The quantitative estimate of drug-likeness (QED) is 0.687. The van der Waals surface area contributed by atoms with Crippen LogP contribution in [0.3, 0.4) is 0 Å². The van der Waals surface area contributed by atoms with E-state index < -0.39 is 0 Å². The largest absolute Gasteiger partial charge is 0.496 e. The fourth-order valence-corrected chi connectivity index (χ4v) is 4.20. The first-order chi connectivity index (χ1) is 13.8. The Kier molecular flexibility index (Phi) is 6.63. The zero-order valence-corrected chi connectivity index (χ0v) is 18.7. The standard InChI is InChI=1S/C25H34N2O2/c1-17-13-23(21-9-11-26(5)12-10-21)16-27(20(17)4)25(28)15-18(2)22-7-8-24(29-6)19(3)14-22/h7-8,13-16,20-21H,9-12H2,1-6H3/b18-15+. The molecule has 3 rings (SSSR count). The van der Waals surface area contributed by atoms with Crippen LogP contribution in [0.5, 0.6) is 5.75 Å². The third-order valence-corrected chi connectivity index (χ3v) is 6.39. The molecular formula is C25H34N2O2. The van der Waals surface area contributed by atoms with Crippen LogP contribution in [-0.4, -0.2) is 49.0 Å². The van der Waals surface area contributed by atoms with E-state index in [4.69, 9.17) is 4.74 Å². The average Bonchev–Trinajstić information content (AvgIpc) is 2.70. The molecule has 1 amide bonds. The van der Waals surface area contributed by atoms with Crippen molar-refractivity contribution in [1.29, 1.82) is 0 Å². The Hall–Kier alpha value is -2.33. The molecule has 4 nitrogen and oxygen atoms in total. The number of carbonyl (C=O) groups is 1. The molecule has 1 aromatic carbocycles. The van der Waals surface area contributed by atoms with Crippen LogP contribution in [0.25, 0.3) is 5.57 Å². The molecule has 0 bridgehead atoms. The van der Waals surface area contributed by atoms with Gasteiger partial charge in [-0.1, -0.05) is 17.7 Å². The van der Waals surface area contributed by atoms with Crippen LogP contribution in [0.4, 0.5) is 0 Å². The number of rotatable bonds is 4. The number of benzene rings is 1. The SMILES string of the molecule is COc1ccc(/C(C)=C/C(=O)N2C=C(C3CCN(C)CC3)C=C(C)C2C)cc1C. The number of hydrogen-bond acceptors (Lipinski definition) is 3. The van der Waals surface area contributed by atoms with Crippen molar-refractivity contribution in [3.63, 3.8) is 0 Å². The molecule has 1 unspecified atom stereocenters. The minimum atomic E-state index is 0.0429. The van der Waals surface area contributed by atoms with Crippen LogP contribution >= 0.6 is 0 Å². The number of methoxy groups -OCH3 is 1. The summed E-state index contributed by atoms with van der Waals surface area (Å²) < 4.78 is 5.35. The van der Waals surface area contributed by atoms with Crippen molar-refractivity contribution < 1.29 is 9.53 Å². The van der Waals surface area contributed by atoms with E-state index in [1.54, 1.807) is 13.2 Å². The van der Waals surface area contributed by atoms with Gasteiger partial charge in [0, 0.05) is 12.3 Å². The van der Waals surface area contributed by atoms with E-state index in [-0.39, 0.29) is 11.9 Å². The summed E-state index contributed by atoms with van der Waals surface area (Å²) >= 11 is 0. The lowest BCUT2D eigenvalue weighted by atomic mass is 9.86. The molecule has 156 valence electrons. The van der Waals surface area contributed by atoms with Crippen LogP contribution in [0.1, 0.15) is 44.7 Å². The molecule has 2 aliphatic rings. The number of carbonyl (C=O) groups excluding carboxylic acids is 1. The summed E-state index contributed by atoms with van der Waals surface area (Å²) in [5, 5.41) is 0. The topological polar surface area (TPSA) is 32.8 Å². The number of amides is 1.